The van der Waals surface area contributed by atoms with E-state index in [0.717, 1.165) is 42.8 Å². The van der Waals surface area contributed by atoms with Crippen LogP contribution in [0.3, 0.4) is 0 Å². The molecule has 1 saturated carbocycles. The van der Waals surface area contributed by atoms with Crippen molar-refractivity contribution in [1.29, 1.82) is 0 Å². The monoisotopic (exact) mass is 423 g/mol. The molecule has 2 aromatic carbocycles. The molecule has 0 atom stereocenters. The second-order valence-electron chi connectivity index (χ2n) is 7.28. The van der Waals surface area contributed by atoms with Gasteiger partial charge in [0.1, 0.15) is 5.75 Å². The number of halogens is 4. The zero-order valence-electron chi connectivity index (χ0n) is 15.9. The van der Waals surface area contributed by atoms with Crippen LogP contribution in [0.25, 0.3) is 10.9 Å². The first-order valence-corrected chi connectivity index (χ1v) is 9.90. The van der Waals surface area contributed by atoms with Crippen LogP contribution in [0, 0.1) is 0 Å². The lowest BCUT2D eigenvalue weighted by Gasteiger charge is -2.11. The molecule has 1 aromatic heterocycles. The fourth-order valence-corrected chi connectivity index (χ4v) is 4.16. The van der Waals surface area contributed by atoms with Crippen molar-refractivity contribution in [1.82, 2.24) is 9.78 Å². The van der Waals surface area contributed by atoms with Crippen molar-refractivity contribution in [3.63, 3.8) is 0 Å². The molecule has 1 fully saturated rings. The number of anilines is 1. The zero-order valence-corrected chi connectivity index (χ0v) is 16.6. The molecule has 8 heteroatoms. The van der Waals surface area contributed by atoms with Crippen LogP contribution >= 0.6 is 11.6 Å². The van der Waals surface area contributed by atoms with Crippen molar-refractivity contribution in [2.75, 3.05) is 12.4 Å². The summed E-state index contributed by atoms with van der Waals surface area (Å²) in [5.41, 5.74) is 0.929. The largest absolute Gasteiger partial charge is 0.495 e. The van der Waals surface area contributed by atoms with Gasteiger partial charge in [0.2, 0.25) is 0 Å². The fourth-order valence-electron chi connectivity index (χ4n) is 3.88. The third kappa shape index (κ3) is 4.01. The molecule has 0 bridgehead atoms. The van der Waals surface area contributed by atoms with Crippen molar-refractivity contribution in [2.45, 2.75) is 44.4 Å². The van der Waals surface area contributed by atoms with Crippen LogP contribution in [0.5, 0.6) is 5.75 Å². The number of fused-ring (bicyclic) bond motifs is 1. The van der Waals surface area contributed by atoms with Crippen LogP contribution in [0.4, 0.5) is 19.0 Å². The van der Waals surface area contributed by atoms with Crippen molar-refractivity contribution >= 4 is 28.3 Å². The highest BCUT2D eigenvalue weighted by molar-refractivity contribution is 6.32. The van der Waals surface area contributed by atoms with E-state index in [1.807, 2.05) is 10.7 Å². The van der Waals surface area contributed by atoms with Gasteiger partial charge in [-0.15, -0.1) is 0 Å². The van der Waals surface area contributed by atoms with E-state index in [4.69, 9.17) is 16.3 Å². The second kappa shape index (κ2) is 7.78. The number of hydrogen-bond acceptors (Lipinski definition) is 3. The number of rotatable bonds is 5. The average molecular weight is 424 g/mol. The summed E-state index contributed by atoms with van der Waals surface area (Å²) in [4.78, 5) is 0. The van der Waals surface area contributed by atoms with Gasteiger partial charge in [0.05, 0.1) is 29.3 Å². The number of aromatic nitrogens is 2. The summed E-state index contributed by atoms with van der Waals surface area (Å²) in [5.74, 6) is 1.02. The molecule has 0 saturated heterocycles. The smallest absolute Gasteiger partial charge is 0.416 e. The predicted molar refractivity (Wildman–Crippen MR) is 108 cm³/mol. The Morgan fingerprint density at radius 3 is 2.59 bits per heavy atom. The molecule has 29 heavy (non-hydrogen) atoms. The SMILES string of the molecule is COc1ccc(CNc2nn(C3CCCC3)c3ccc(C(F)(F)F)cc23)cc1Cl. The van der Waals surface area contributed by atoms with Gasteiger partial charge in [-0.05, 0) is 48.7 Å². The lowest BCUT2D eigenvalue weighted by atomic mass is 10.1. The molecule has 0 amide bonds. The second-order valence-corrected chi connectivity index (χ2v) is 7.69. The van der Waals surface area contributed by atoms with E-state index in [1.54, 1.807) is 19.2 Å². The molecule has 3 aromatic rings. The first-order chi connectivity index (χ1) is 13.9. The number of ether oxygens (including phenoxy) is 1. The van der Waals surface area contributed by atoms with E-state index in [1.165, 1.54) is 12.1 Å². The van der Waals surface area contributed by atoms with Crippen molar-refractivity contribution in [2.24, 2.45) is 0 Å². The highest BCUT2D eigenvalue weighted by Crippen LogP contribution is 2.37. The topological polar surface area (TPSA) is 39.1 Å². The molecule has 0 radical (unpaired) electrons. The molecule has 1 N–H and O–H groups in total. The third-order valence-electron chi connectivity index (χ3n) is 5.38. The minimum Gasteiger partial charge on any atom is -0.495 e. The number of nitrogens with zero attached hydrogens (tertiary/aromatic N) is 2. The van der Waals surface area contributed by atoms with Gasteiger partial charge in [0.25, 0.3) is 0 Å². The van der Waals surface area contributed by atoms with Crippen molar-refractivity contribution < 1.29 is 17.9 Å². The van der Waals surface area contributed by atoms with Crippen LogP contribution < -0.4 is 10.1 Å². The van der Waals surface area contributed by atoms with Gasteiger partial charge in [-0.2, -0.15) is 18.3 Å². The minimum absolute atomic E-state index is 0.222. The van der Waals surface area contributed by atoms with Gasteiger partial charge in [0, 0.05) is 11.9 Å². The lowest BCUT2D eigenvalue weighted by molar-refractivity contribution is -0.137. The van der Waals surface area contributed by atoms with E-state index in [2.05, 4.69) is 10.4 Å². The number of methoxy groups -OCH3 is 1. The molecule has 0 unspecified atom stereocenters. The van der Waals surface area contributed by atoms with Gasteiger partial charge in [-0.3, -0.25) is 4.68 Å². The Bertz CT molecular complexity index is 1030. The third-order valence-corrected chi connectivity index (χ3v) is 5.68. The molecular weight excluding hydrogens is 403 g/mol. The quantitative estimate of drug-likeness (QED) is 0.513. The molecule has 1 aliphatic rings. The van der Waals surface area contributed by atoms with E-state index < -0.39 is 11.7 Å². The standard InChI is InChI=1S/C21H21ClF3N3O/c1-29-19-9-6-13(10-17(19)22)12-26-20-16-11-14(21(23,24)25)7-8-18(16)28(27-20)15-4-2-3-5-15/h6-11,15H,2-5,12H2,1H3,(H,26,27). The summed E-state index contributed by atoms with van der Waals surface area (Å²) in [6, 6.07) is 9.44. The van der Waals surface area contributed by atoms with E-state index in [9.17, 15) is 13.2 Å². The number of nitrogens with one attached hydrogen (secondary N) is 1. The Hall–Kier alpha value is -2.41. The Morgan fingerprint density at radius 2 is 1.93 bits per heavy atom. The fraction of sp³-hybridized carbons (Fsp3) is 0.381. The first-order valence-electron chi connectivity index (χ1n) is 9.52. The molecule has 1 aliphatic carbocycles. The average Bonchev–Trinajstić information content (AvgIpc) is 3.33. The summed E-state index contributed by atoms with van der Waals surface area (Å²) < 4.78 is 46.8. The Labute approximate surface area is 171 Å². The molecule has 4 rings (SSSR count). The first kappa shape index (κ1) is 19.9. The Kier molecular flexibility index (Phi) is 5.34. The summed E-state index contributed by atoms with van der Waals surface area (Å²) in [6.07, 6.45) is -0.194. The maximum Gasteiger partial charge on any atom is 0.416 e. The predicted octanol–water partition coefficient (Wildman–Crippen LogP) is 6.44. The van der Waals surface area contributed by atoms with Crippen LogP contribution in [0.15, 0.2) is 36.4 Å². The zero-order chi connectivity index (χ0) is 20.6. The summed E-state index contributed by atoms with van der Waals surface area (Å²) >= 11 is 6.17. The van der Waals surface area contributed by atoms with Gasteiger partial charge in [0.15, 0.2) is 5.82 Å². The van der Waals surface area contributed by atoms with Gasteiger partial charge >= 0.3 is 6.18 Å². The Balaban J connectivity index is 1.69. The molecule has 1 heterocycles. The highest BCUT2D eigenvalue weighted by atomic mass is 35.5. The van der Waals surface area contributed by atoms with Gasteiger partial charge in [-0.25, -0.2) is 0 Å². The summed E-state index contributed by atoms with van der Waals surface area (Å²) in [6.45, 7) is 0.386. The van der Waals surface area contributed by atoms with E-state index >= 15 is 0 Å². The normalized spacial score (nSPS) is 15.2. The minimum atomic E-state index is -4.40. The van der Waals surface area contributed by atoms with E-state index in [-0.39, 0.29) is 6.04 Å². The van der Waals surface area contributed by atoms with Crippen LogP contribution in [-0.2, 0) is 12.7 Å². The number of benzene rings is 2. The molecule has 4 nitrogen and oxygen atoms in total. The molecule has 0 aliphatic heterocycles. The maximum atomic E-state index is 13.2. The molecular formula is C21H21ClF3N3O. The molecule has 154 valence electrons. The van der Waals surface area contributed by atoms with Crippen LogP contribution in [0.2, 0.25) is 5.02 Å². The van der Waals surface area contributed by atoms with Crippen LogP contribution in [-0.4, -0.2) is 16.9 Å². The number of hydrogen-bond donors (Lipinski definition) is 1. The van der Waals surface area contributed by atoms with Gasteiger partial charge < -0.3 is 10.1 Å². The van der Waals surface area contributed by atoms with Gasteiger partial charge in [-0.1, -0.05) is 30.5 Å². The summed E-state index contributed by atoms with van der Waals surface area (Å²) in [7, 11) is 1.54. The lowest BCUT2D eigenvalue weighted by Crippen LogP contribution is -2.08. The van der Waals surface area contributed by atoms with Crippen molar-refractivity contribution in [3.05, 3.63) is 52.5 Å². The van der Waals surface area contributed by atoms with Crippen LogP contribution in [0.1, 0.15) is 42.9 Å². The molecule has 0 spiro atoms. The summed E-state index contributed by atoms with van der Waals surface area (Å²) in [5, 5.41) is 8.80. The van der Waals surface area contributed by atoms with Crippen molar-refractivity contribution in [3.8, 4) is 5.75 Å². The highest BCUT2D eigenvalue weighted by Gasteiger charge is 2.32. The van der Waals surface area contributed by atoms with E-state index in [0.29, 0.717) is 28.5 Å². The Morgan fingerprint density at radius 1 is 1.17 bits per heavy atom. The number of alkyl halides is 3. The maximum absolute atomic E-state index is 13.2.